The Labute approximate surface area is 97.4 Å². The van der Waals surface area contributed by atoms with Gasteiger partial charge >= 0.3 is 0 Å². The lowest BCUT2D eigenvalue weighted by Crippen LogP contribution is -2.28. The van der Waals surface area contributed by atoms with Gasteiger partial charge < -0.3 is 15.2 Å². The zero-order chi connectivity index (χ0) is 12.1. The first-order valence-electron chi connectivity index (χ1n) is 5.57. The number of aliphatic hydroxyl groups excluding tert-OH is 1. The molecule has 0 aliphatic heterocycles. The summed E-state index contributed by atoms with van der Waals surface area (Å²) in [7, 11) is 1.69. The van der Waals surface area contributed by atoms with Crippen molar-refractivity contribution in [3.05, 3.63) is 28.8 Å². The van der Waals surface area contributed by atoms with Crippen LogP contribution in [0.15, 0.2) is 12.1 Å². The van der Waals surface area contributed by atoms with Gasteiger partial charge in [0.2, 0.25) is 0 Å². The van der Waals surface area contributed by atoms with Crippen molar-refractivity contribution in [1.29, 1.82) is 0 Å². The molecule has 0 aliphatic rings. The first kappa shape index (κ1) is 13.0. The molecule has 0 heterocycles. The molecule has 0 bridgehead atoms. The van der Waals surface area contributed by atoms with Gasteiger partial charge in [-0.3, -0.25) is 0 Å². The predicted octanol–water partition coefficient (Wildman–Crippen LogP) is 1.78. The van der Waals surface area contributed by atoms with E-state index in [2.05, 4.69) is 25.2 Å². The Morgan fingerprint density at radius 3 is 2.56 bits per heavy atom. The van der Waals surface area contributed by atoms with E-state index in [1.165, 1.54) is 16.7 Å². The standard InChI is InChI=1S/C13H21NO2/c1-9(8-15)14-7-12-5-6-13(16-4)11(3)10(12)2/h5-6,9,14-15H,7-8H2,1-4H3. The van der Waals surface area contributed by atoms with E-state index in [0.717, 1.165) is 12.3 Å². The maximum absolute atomic E-state index is 8.94. The van der Waals surface area contributed by atoms with Crippen LogP contribution in [0.2, 0.25) is 0 Å². The molecule has 2 N–H and O–H groups in total. The molecule has 0 spiro atoms. The minimum Gasteiger partial charge on any atom is -0.496 e. The average molecular weight is 223 g/mol. The van der Waals surface area contributed by atoms with Gasteiger partial charge in [0.1, 0.15) is 5.75 Å². The fourth-order valence-electron chi connectivity index (χ4n) is 1.61. The van der Waals surface area contributed by atoms with Gasteiger partial charge in [-0.15, -0.1) is 0 Å². The van der Waals surface area contributed by atoms with Crippen LogP contribution in [0.4, 0.5) is 0 Å². The molecule has 3 heteroatoms. The van der Waals surface area contributed by atoms with Crippen molar-refractivity contribution < 1.29 is 9.84 Å². The molecule has 90 valence electrons. The first-order chi connectivity index (χ1) is 7.60. The lowest BCUT2D eigenvalue weighted by Gasteiger charge is -2.15. The summed E-state index contributed by atoms with van der Waals surface area (Å²) in [6.07, 6.45) is 0. The van der Waals surface area contributed by atoms with Crippen molar-refractivity contribution in [2.75, 3.05) is 13.7 Å². The number of benzene rings is 1. The summed E-state index contributed by atoms with van der Waals surface area (Å²) >= 11 is 0. The fourth-order valence-corrected chi connectivity index (χ4v) is 1.61. The van der Waals surface area contributed by atoms with E-state index in [1.54, 1.807) is 7.11 Å². The third kappa shape index (κ3) is 2.97. The minimum atomic E-state index is 0.127. The van der Waals surface area contributed by atoms with Crippen LogP contribution < -0.4 is 10.1 Å². The Balaban J connectivity index is 2.78. The molecular formula is C13H21NO2. The SMILES string of the molecule is COc1ccc(CNC(C)CO)c(C)c1C. The molecule has 3 nitrogen and oxygen atoms in total. The van der Waals surface area contributed by atoms with E-state index in [0.29, 0.717) is 0 Å². The summed E-state index contributed by atoms with van der Waals surface area (Å²) in [5, 5.41) is 12.2. The highest BCUT2D eigenvalue weighted by atomic mass is 16.5. The smallest absolute Gasteiger partial charge is 0.122 e. The Kier molecular flexibility index (Phi) is 4.77. The molecule has 16 heavy (non-hydrogen) atoms. The maximum atomic E-state index is 8.94. The van der Waals surface area contributed by atoms with E-state index in [1.807, 2.05) is 13.0 Å². The van der Waals surface area contributed by atoms with Crippen LogP contribution in [0.25, 0.3) is 0 Å². The van der Waals surface area contributed by atoms with Gasteiger partial charge in [-0.1, -0.05) is 6.07 Å². The molecule has 1 aromatic rings. The Morgan fingerprint density at radius 1 is 1.31 bits per heavy atom. The van der Waals surface area contributed by atoms with Crippen LogP contribution in [0.1, 0.15) is 23.6 Å². The molecule has 0 radical (unpaired) electrons. The number of hydrogen-bond acceptors (Lipinski definition) is 3. The predicted molar refractivity (Wildman–Crippen MR) is 65.9 cm³/mol. The molecular weight excluding hydrogens is 202 g/mol. The van der Waals surface area contributed by atoms with Crippen molar-refractivity contribution in [2.45, 2.75) is 33.4 Å². The van der Waals surface area contributed by atoms with Gasteiger partial charge in [0, 0.05) is 12.6 Å². The maximum Gasteiger partial charge on any atom is 0.122 e. The summed E-state index contributed by atoms with van der Waals surface area (Å²) in [4.78, 5) is 0. The third-order valence-electron chi connectivity index (χ3n) is 2.98. The normalized spacial score (nSPS) is 12.6. The highest BCUT2D eigenvalue weighted by Crippen LogP contribution is 2.23. The van der Waals surface area contributed by atoms with Crippen LogP contribution in [0.5, 0.6) is 5.75 Å². The molecule has 1 unspecified atom stereocenters. The van der Waals surface area contributed by atoms with Crippen LogP contribution >= 0.6 is 0 Å². The Morgan fingerprint density at radius 2 is 2.00 bits per heavy atom. The zero-order valence-electron chi connectivity index (χ0n) is 10.5. The number of rotatable bonds is 5. The minimum absolute atomic E-state index is 0.127. The quantitative estimate of drug-likeness (QED) is 0.799. The Bertz CT molecular complexity index is 350. The average Bonchev–Trinajstić information content (AvgIpc) is 2.30. The van der Waals surface area contributed by atoms with Crippen LogP contribution in [-0.2, 0) is 6.54 Å². The summed E-state index contributed by atoms with van der Waals surface area (Å²) in [6.45, 7) is 7.06. The van der Waals surface area contributed by atoms with Crippen LogP contribution in [0, 0.1) is 13.8 Å². The molecule has 1 rings (SSSR count). The van der Waals surface area contributed by atoms with Crippen molar-refractivity contribution in [1.82, 2.24) is 5.32 Å². The lowest BCUT2D eigenvalue weighted by molar-refractivity contribution is 0.251. The van der Waals surface area contributed by atoms with E-state index in [9.17, 15) is 0 Å². The van der Waals surface area contributed by atoms with Crippen LogP contribution in [0.3, 0.4) is 0 Å². The Hall–Kier alpha value is -1.06. The van der Waals surface area contributed by atoms with Gasteiger partial charge in [0.05, 0.1) is 13.7 Å². The molecule has 0 aliphatic carbocycles. The van der Waals surface area contributed by atoms with Gasteiger partial charge in [-0.2, -0.15) is 0 Å². The highest BCUT2D eigenvalue weighted by Gasteiger charge is 2.07. The first-order valence-corrected chi connectivity index (χ1v) is 5.57. The number of aliphatic hydroxyl groups is 1. The number of ether oxygens (including phenoxy) is 1. The highest BCUT2D eigenvalue weighted by molar-refractivity contribution is 5.43. The summed E-state index contributed by atoms with van der Waals surface area (Å²) in [6, 6.07) is 4.18. The third-order valence-corrected chi connectivity index (χ3v) is 2.98. The van der Waals surface area contributed by atoms with Crippen molar-refractivity contribution in [3.63, 3.8) is 0 Å². The van der Waals surface area contributed by atoms with Crippen LogP contribution in [-0.4, -0.2) is 24.9 Å². The molecule has 1 atom stereocenters. The summed E-state index contributed by atoms with van der Waals surface area (Å²) in [5.74, 6) is 0.927. The molecule has 0 aromatic heterocycles. The molecule has 1 aromatic carbocycles. The number of methoxy groups -OCH3 is 1. The van der Waals surface area contributed by atoms with Gasteiger partial charge in [0.25, 0.3) is 0 Å². The second-order valence-electron chi connectivity index (χ2n) is 4.14. The van der Waals surface area contributed by atoms with Gasteiger partial charge in [-0.05, 0) is 43.5 Å². The van der Waals surface area contributed by atoms with Gasteiger partial charge in [-0.25, -0.2) is 0 Å². The molecule has 0 saturated carbocycles. The lowest BCUT2D eigenvalue weighted by atomic mass is 10.0. The summed E-state index contributed by atoms with van der Waals surface area (Å²) < 4.78 is 5.27. The number of nitrogens with one attached hydrogen (secondary N) is 1. The van der Waals surface area contributed by atoms with Crippen molar-refractivity contribution in [2.24, 2.45) is 0 Å². The van der Waals surface area contributed by atoms with E-state index in [-0.39, 0.29) is 12.6 Å². The zero-order valence-corrected chi connectivity index (χ0v) is 10.5. The second kappa shape index (κ2) is 5.87. The van der Waals surface area contributed by atoms with E-state index >= 15 is 0 Å². The molecule has 0 amide bonds. The van der Waals surface area contributed by atoms with Crippen molar-refractivity contribution in [3.8, 4) is 5.75 Å². The monoisotopic (exact) mass is 223 g/mol. The number of hydrogen-bond donors (Lipinski definition) is 2. The topological polar surface area (TPSA) is 41.5 Å². The largest absolute Gasteiger partial charge is 0.496 e. The van der Waals surface area contributed by atoms with Crippen molar-refractivity contribution >= 4 is 0 Å². The summed E-state index contributed by atoms with van der Waals surface area (Å²) in [5.41, 5.74) is 3.68. The molecule has 0 saturated heterocycles. The fraction of sp³-hybridized carbons (Fsp3) is 0.538. The second-order valence-corrected chi connectivity index (χ2v) is 4.14. The van der Waals surface area contributed by atoms with E-state index in [4.69, 9.17) is 9.84 Å². The molecule has 0 fully saturated rings. The van der Waals surface area contributed by atoms with E-state index < -0.39 is 0 Å². The van der Waals surface area contributed by atoms with Gasteiger partial charge in [0.15, 0.2) is 0 Å².